The van der Waals surface area contributed by atoms with Crippen molar-refractivity contribution in [1.82, 2.24) is 24.3 Å². The molecule has 2 rings (SSSR count). The predicted molar refractivity (Wildman–Crippen MR) is 97.8 cm³/mol. The standard InChI is InChI=1S/C17H25N5O6/c1-6-21-7-8-22-13(18-11(17(27)28-5)12(23)14(22)24)10(9-21)20(4)16(26)15(25)19(2)3/h10,23H,6-9H2,1-5H3. The van der Waals surface area contributed by atoms with Crippen molar-refractivity contribution in [3.05, 3.63) is 21.9 Å². The Morgan fingerprint density at radius 3 is 2.39 bits per heavy atom. The lowest BCUT2D eigenvalue weighted by atomic mass is 10.2. The molecule has 28 heavy (non-hydrogen) atoms. The van der Waals surface area contributed by atoms with Gasteiger partial charge in [-0.2, -0.15) is 0 Å². The molecule has 154 valence electrons. The summed E-state index contributed by atoms with van der Waals surface area (Å²) in [6.07, 6.45) is 0. The van der Waals surface area contributed by atoms with Crippen LogP contribution in [0.1, 0.15) is 29.3 Å². The van der Waals surface area contributed by atoms with Gasteiger partial charge in [0, 0.05) is 40.8 Å². The second kappa shape index (κ2) is 8.38. The minimum Gasteiger partial charge on any atom is -0.501 e. The summed E-state index contributed by atoms with van der Waals surface area (Å²) < 4.78 is 5.82. The molecule has 11 heteroatoms. The molecule has 1 aromatic heterocycles. The van der Waals surface area contributed by atoms with Gasteiger partial charge in [0.05, 0.1) is 7.11 Å². The Hall–Kier alpha value is -2.95. The molecule has 0 saturated heterocycles. The lowest BCUT2D eigenvalue weighted by Gasteiger charge is -2.30. The number of fused-ring (bicyclic) bond motifs is 1. The zero-order valence-electron chi connectivity index (χ0n) is 16.6. The number of likely N-dealkylation sites (N-methyl/N-ethyl adjacent to an activating group) is 3. The maximum absolute atomic E-state index is 12.7. The first-order chi connectivity index (χ1) is 13.1. The summed E-state index contributed by atoms with van der Waals surface area (Å²) >= 11 is 0. The van der Waals surface area contributed by atoms with E-state index in [2.05, 4.69) is 9.72 Å². The third-order valence-corrected chi connectivity index (χ3v) is 4.75. The van der Waals surface area contributed by atoms with Gasteiger partial charge >= 0.3 is 17.8 Å². The van der Waals surface area contributed by atoms with Gasteiger partial charge in [0.15, 0.2) is 5.69 Å². The summed E-state index contributed by atoms with van der Waals surface area (Å²) in [5.41, 5.74) is -1.32. The van der Waals surface area contributed by atoms with E-state index in [0.717, 1.165) is 12.0 Å². The number of carbonyl (C=O) groups is 3. The van der Waals surface area contributed by atoms with E-state index in [0.29, 0.717) is 19.6 Å². The van der Waals surface area contributed by atoms with E-state index in [4.69, 9.17) is 0 Å². The number of esters is 1. The van der Waals surface area contributed by atoms with Gasteiger partial charge in [-0.25, -0.2) is 9.78 Å². The van der Waals surface area contributed by atoms with Gasteiger partial charge < -0.3 is 19.6 Å². The number of hydrogen-bond acceptors (Lipinski definition) is 8. The van der Waals surface area contributed by atoms with Crippen molar-refractivity contribution in [2.24, 2.45) is 0 Å². The number of nitrogens with zero attached hydrogens (tertiary/aromatic N) is 5. The molecule has 1 aliphatic heterocycles. The normalized spacial score (nSPS) is 16.7. The summed E-state index contributed by atoms with van der Waals surface area (Å²) in [6, 6.07) is -0.782. The minimum absolute atomic E-state index is 0.113. The lowest BCUT2D eigenvalue weighted by Crippen LogP contribution is -2.46. The van der Waals surface area contributed by atoms with Crippen LogP contribution in [-0.4, -0.2) is 95.0 Å². The molecule has 1 aliphatic rings. The molecule has 1 atom stereocenters. The van der Waals surface area contributed by atoms with Crippen LogP contribution in [0.2, 0.25) is 0 Å². The summed E-state index contributed by atoms with van der Waals surface area (Å²) in [6.45, 7) is 3.55. The van der Waals surface area contributed by atoms with E-state index in [-0.39, 0.29) is 12.4 Å². The Labute approximate surface area is 162 Å². The average Bonchev–Trinajstić information content (AvgIpc) is 2.87. The summed E-state index contributed by atoms with van der Waals surface area (Å²) in [5.74, 6) is -3.16. The van der Waals surface area contributed by atoms with Crippen molar-refractivity contribution < 1.29 is 24.2 Å². The van der Waals surface area contributed by atoms with Crippen molar-refractivity contribution in [1.29, 1.82) is 0 Å². The number of amides is 2. The van der Waals surface area contributed by atoms with Crippen LogP contribution in [0.3, 0.4) is 0 Å². The van der Waals surface area contributed by atoms with E-state index >= 15 is 0 Å². The first kappa shape index (κ1) is 21.4. The van der Waals surface area contributed by atoms with Crippen molar-refractivity contribution in [3.8, 4) is 5.75 Å². The predicted octanol–water partition coefficient (Wildman–Crippen LogP) is -1.34. The fraction of sp³-hybridized carbons (Fsp3) is 0.588. The van der Waals surface area contributed by atoms with Crippen LogP contribution in [0, 0.1) is 0 Å². The Morgan fingerprint density at radius 2 is 1.86 bits per heavy atom. The van der Waals surface area contributed by atoms with Gasteiger partial charge in [-0.15, -0.1) is 0 Å². The summed E-state index contributed by atoms with van der Waals surface area (Å²) in [5, 5.41) is 10.1. The number of ether oxygens (including phenoxy) is 1. The molecule has 2 amide bonds. The number of hydrogen-bond donors (Lipinski definition) is 1. The Balaban J connectivity index is 2.64. The van der Waals surface area contributed by atoms with E-state index in [1.54, 1.807) is 0 Å². The molecule has 0 radical (unpaired) electrons. The highest BCUT2D eigenvalue weighted by Crippen LogP contribution is 2.24. The zero-order chi connectivity index (χ0) is 21.2. The Kier molecular flexibility index (Phi) is 6.39. The van der Waals surface area contributed by atoms with Crippen molar-refractivity contribution >= 4 is 17.8 Å². The van der Waals surface area contributed by atoms with E-state index < -0.39 is 40.8 Å². The molecule has 11 nitrogen and oxygen atoms in total. The first-order valence-corrected chi connectivity index (χ1v) is 8.76. The lowest BCUT2D eigenvalue weighted by molar-refractivity contribution is -0.151. The molecule has 0 spiro atoms. The van der Waals surface area contributed by atoms with Crippen molar-refractivity contribution in [2.45, 2.75) is 19.5 Å². The quantitative estimate of drug-likeness (QED) is 0.492. The average molecular weight is 395 g/mol. The number of rotatable bonds is 3. The van der Waals surface area contributed by atoms with Crippen LogP contribution in [0.4, 0.5) is 0 Å². The largest absolute Gasteiger partial charge is 0.501 e. The molecule has 0 aromatic carbocycles. The number of aromatic nitrogens is 2. The minimum atomic E-state index is -0.966. The van der Waals surface area contributed by atoms with Gasteiger partial charge in [-0.3, -0.25) is 23.9 Å². The zero-order valence-corrected chi connectivity index (χ0v) is 16.6. The van der Waals surface area contributed by atoms with Crippen LogP contribution >= 0.6 is 0 Å². The second-order valence-electron chi connectivity index (χ2n) is 6.64. The second-order valence-corrected chi connectivity index (χ2v) is 6.64. The number of carbonyl (C=O) groups excluding carboxylic acids is 3. The molecule has 0 fully saturated rings. The summed E-state index contributed by atoms with van der Waals surface area (Å²) in [7, 11) is 5.47. The third kappa shape index (κ3) is 3.84. The Morgan fingerprint density at radius 1 is 1.21 bits per heavy atom. The van der Waals surface area contributed by atoms with Gasteiger partial charge in [-0.05, 0) is 6.54 Å². The molecule has 1 unspecified atom stereocenters. The molecule has 0 saturated carbocycles. The molecule has 1 N–H and O–H groups in total. The van der Waals surface area contributed by atoms with Gasteiger partial charge in [0.2, 0.25) is 5.75 Å². The van der Waals surface area contributed by atoms with E-state index in [9.17, 15) is 24.3 Å². The maximum Gasteiger partial charge on any atom is 0.360 e. The van der Waals surface area contributed by atoms with Crippen LogP contribution < -0.4 is 5.56 Å². The highest BCUT2D eigenvalue weighted by molar-refractivity contribution is 6.34. The maximum atomic E-state index is 12.7. The molecule has 0 aliphatic carbocycles. The fourth-order valence-electron chi connectivity index (χ4n) is 3.00. The van der Waals surface area contributed by atoms with Crippen LogP contribution in [0.5, 0.6) is 5.75 Å². The number of aromatic hydroxyl groups is 1. The Bertz CT molecular complexity index is 849. The summed E-state index contributed by atoms with van der Waals surface area (Å²) in [4.78, 5) is 57.8. The van der Waals surface area contributed by atoms with Crippen molar-refractivity contribution in [2.75, 3.05) is 47.9 Å². The highest BCUT2D eigenvalue weighted by atomic mass is 16.5. The number of methoxy groups -OCH3 is 1. The molecular weight excluding hydrogens is 370 g/mol. The van der Waals surface area contributed by atoms with Crippen LogP contribution in [-0.2, 0) is 20.9 Å². The molecule has 1 aromatic rings. The fourth-order valence-corrected chi connectivity index (χ4v) is 3.00. The van der Waals surface area contributed by atoms with Gasteiger partial charge in [0.25, 0.3) is 5.56 Å². The topological polar surface area (TPSA) is 125 Å². The molecule has 2 heterocycles. The highest BCUT2D eigenvalue weighted by Gasteiger charge is 2.35. The molecular formula is C17H25N5O6. The third-order valence-electron chi connectivity index (χ3n) is 4.75. The van der Waals surface area contributed by atoms with E-state index in [1.165, 1.54) is 30.6 Å². The monoisotopic (exact) mass is 395 g/mol. The SMILES string of the molecule is CCN1CCn2c(nc(C(=O)OC)c(O)c2=O)C(N(C)C(=O)C(=O)N(C)C)C1. The van der Waals surface area contributed by atoms with Crippen molar-refractivity contribution in [3.63, 3.8) is 0 Å². The van der Waals surface area contributed by atoms with Crippen LogP contribution in [0.25, 0.3) is 0 Å². The van der Waals surface area contributed by atoms with Gasteiger partial charge in [-0.1, -0.05) is 6.92 Å². The van der Waals surface area contributed by atoms with Gasteiger partial charge in [0.1, 0.15) is 11.9 Å². The smallest absolute Gasteiger partial charge is 0.360 e. The first-order valence-electron chi connectivity index (χ1n) is 8.76. The van der Waals surface area contributed by atoms with E-state index in [1.807, 2.05) is 11.8 Å². The van der Waals surface area contributed by atoms with Crippen LogP contribution in [0.15, 0.2) is 4.79 Å². The molecule has 0 bridgehead atoms.